The lowest BCUT2D eigenvalue weighted by molar-refractivity contribution is 0.0952. The van der Waals surface area contributed by atoms with E-state index in [2.05, 4.69) is 10.5 Å². The molecule has 23 heavy (non-hydrogen) atoms. The molecule has 0 unspecified atom stereocenters. The highest BCUT2D eigenvalue weighted by Crippen LogP contribution is 2.22. The highest BCUT2D eigenvalue weighted by molar-refractivity contribution is 6.05. The van der Waals surface area contributed by atoms with Gasteiger partial charge in [0.2, 0.25) is 0 Å². The molecule has 2 rings (SSSR count). The van der Waals surface area contributed by atoms with E-state index in [1.807, 2.05) is 26.8 Å². The van der Waals surface area contributed by atoms with Crippen LogP contribution in [0.3, 0.4) is 0 Å². The molecule has 0 saturated heterocycles. The number of amides is 1. The molecule has 3 N–H and O–H groups in total. The second kappa shape index (κ2) is 6.96. The van der Waals surface area contributed by atoms with Gasteiger partial charge in [-0.15, -0.1) is 0 Å². The SMILES string of the molecule is Cc1ccc(O)c(/C(=N\NC(=O)c2ccccc2O)C(C)C)c1. The van der Waals surface area contributed by atoms with Gasteiger partial charge in [0, 0.05) is 5.56 Å². The minimum atomic E-state index is -0.506. The fourth-order valence-electron chi connectivity index (χ4n) is 2.19. The molecule has 0 aromatic heterocycles. The first-order valence-electron chi connectivity index (χ1n) is 7.36. The number of hydrazone groups is 1. The number of aryl methyl sites for hydroxylation is 1. The monoisotopic (exact) mass is 312 g/mol. The Kier molecular flexibility index (Phi) is 5.01. The van der Waals surface area contributed by atoms with E-state index in [0.717, 1.165) is 5.56 Å². The van der Waals surface area contributed by atoms with Gasteiger partial charge in [0.25, 0.3) is 5.91 Å². The second-order valence-corrected chi connectivity index (χ2v) is 5.63. The largest absolute Gasteiger partial charge is 0.507 e. The summed E-state index contributed by atoms with van der Waals surface area (Å²) in [7, 11) is 0. The van der Waals surface area contributed by atoms with Crippen molar-refractivity contribution in [1.82, 2.24) is 5.43 Å². The number of rotatable bonds is 4. The number of phenols is 2. The predicted molar refractivity (Wildman–Crippen MR) is 89.8 cm³/mol. The van der Waals surface area contributed by atoms with Crippen LogP contribution in [0.15, 0.2) is 47.6 Å². The fourth-order valence-corrected chi connectivity index (χ4v) is 2.19. The summed E-state index contributed by atoms with van der Waals surface area (Å²) in [5.41, 5.74) is 4.72. The van der Waals surface area contributed by atoms with Crippen LogP contribution in [0.5, 0.6) is 11.5 Å². The second-order valence-electron chi connectivity index (χ2n) is 5.63. The number of benzene rings is 2. The molecule has 0 saturated carbocycles. The Balaban J connectivity index is 2.32. The van der Waals surface area contributed by atoms with Gasteiger partial charge in [-0.25, -0.2) is 5.43 Å². The Hall–Kier alpha value is -2.82. The minimum Gasteiger partial charge on any atom is -0.507 e. The van der Waals surface area contributed by atoms with Crippen molar-refractivity contribution in [2.24, 2.45) is 11.0 Å². The van der Waals surface area contributed by atoms with Gasteiger partial charge < -0.3 is 10.2 Å². The van der Waals surface area contributed by atoms with Gasteiger partial charge in [-0.2, -0.15) is 5.10 Å². The Labute approximate surface area is 135 Å². The normalized spacial score (nSPS) is 11.6. The summed E-state index contributed by atoms with van der Waals surface area (Å²) in [5, 5.41) is 23.9. The zero-order valence-corrected chi connectivity index (χ0v) is 13.4. The Morgan fingerprint density at radius 1 is 1.04 bits per heavy atom. The van der Waals surface area contributed by atoms with E-state index >= 15 is 0 Å². The number of phenolic OH excluding ortho intramolecular Hbond substituents is 2. The maximum atomic E-state index is 12.1. The number of nitrogens with one attached hydrogen (secondary N) is 1. The van der Waals surface area contributed by atoms with Gasteiger partial charge in [-0.3, -0.25) is 4.79 Å². The molecule has 5 nitrogen and oxygen atoms in total. The number of para-hydroxylation sites is 1. The van der Waals surface area contributed by atoms with Crippen molar-refractivity contribution in [3.8, 4) is 11.5 Å². The molecule has 0 heterocycles. The molecule has 0 bridgehead atoms. The summed E-state index contributed by atoms with van der Waals surface area (Å²) in [6.45, 7) is 5.76. The minimum absolute atomic E-state index is 0.00706. The molecule has 0 spiro atoms. The maximum absolute atomic E-state index is 12.1. The van der Waals surface area contributed by atoms with Gasteiger partial charge in [0.1, 0.15) is 11.5 Å². The molecule has 0 atom stereocenters. The van der Waals surface area contributed by atoms with Crippen LogP contribution in [0.2, 0.25) is 0 Å². The first-order valence-corrected chi connectivity index (χ1v) is 7.36. The van der Waals surface area contributed by atoms with E-state index in [1.54, 1.807) is 24.3 Å². The predicted octanol–water partition coefficient (Wildman–Crippen LogP) is 3.20. The summed E-state index contributed by atoms with van der Waals surface area (Å²) in [4.78, 5) is 12.1. The molecule has 2 aromatic carbocycles. The van der Waals surface area contributed by atoms with Crippen molar-refractivity contribution in [1.29, 1.82) is 0 Å². The smallest absolute Gasteiger partial charge is 0.275 e. The Morgan fingerprint density at radius 2 is 1.70 bits per heavy atom. The van der Waals surface area contributed by atoms with E-state index in [0.29, 0.717) is 11.3 Å². The molecule has 5 heteroatoms. The van der Waals surface area contributed by atoms with E-state index in [9.17, 15) is 15.0 Å². The molecule has 2 aromatic rings. The van der Waals surface area contributed by atoms with Crippen LogP contribution in [0.4, 0.5) is 0 Å². The summed E-state index contributed by atoms with van der Waals surface area (Å²) >= 11 is 0. The highest BCUT2D eigenvalue weighted by Gasteiger charge is 2.15. The lowest BCUT2D eigenvalue weighted by Crippen LogP contribution is -2.22. The van der Waals surface area contributed by atoms with Crippen molar-refractivity contribution in [3.63, 3.8) is 0 Å². The molecule has 0 fully saturated rings. The Bertz CT molecular complexity index is 752. The number of hydrogen-bond acceptors (Lipinski definition) is 4. The van der Waals surface area contributed by atoms with Gasteiger partial charge in [0.05, 0.1) is 11.3 Å². The molecular weight excluding hydrogens is 292 g/mol. The average molecular weight is 312 g/mol. The molecule has 120 valence electrons. The summed E-state index contributed by atoms with van der Waals surface area (Å²) in [5.74, 6) is -0.509. The zero-order valence-electron chi connectivity index (χ0n) is 13.4. The fraction of sp³-hybridized carbons (Fsp3) is 0.222. The first-order chi connectivity index (χ1) is 10.9. The molecule has 0 aliphatic heterocycles. The summed E-state index contributed by atoms with van der Waals surface area (Å²) < 4.78 is 0. The number of carbonyl (C=O) groups excluding carboxylic acids is 1. The average Bonchev–Trinajstić information content (AvgIpc) is 2.50. The number of nitrogens with zero attached hydrogens (tertiary/aromatic N) is 1. The van der Waals surface area contributed by atoms with Crippen molar-refractivity contribution in [3.05, 3.63) is 59.2 Å². The van der Waals surface area contributed by atoms with Gasteiger partial charge in [-0.1, -0.05) is 37.6 Å². The van der Waals surface area contributed by atoms with E-state index in [1.165, 1.54) is 12.1 Å². The van der Waals surface area contributed by atoms with Gasteiger partial charge in [0.15, 0.2) is 0 Å². The van der Waals surface area contributed by atoms with Crippen molar-refractivity contribution < 1.29 is 15.0 Å². The van der Waals surface area contributed by atoms with E-state index in [4.69, 9.17) is 0 Å². The first kappa shape index (κ1) is 16.5. The van der Waals surface area contributed by atoms with Crippen LogP contribution in [0.25, 0.3) is 0 Å². The molecule has 0 aliphatic carbocycles. The number of carbonyl (C=O) groups is 1. The van der Waals surface area contributed by atoms with Crippen LogP contribution in [-0.4, -0.2) is 21.8 Å². The molecule has 0 radical (unpaired) electrons. The zero-order chi connectivity index (χ0) is 17.0. The van der Waals surface area contributed by atoms with Gasteiger partial charge in [-0.05, 0) is 37.1 Å². The molecular formula is C18H20N2O3. The Morgan fingerprint density at radius 3 is 2.35 bits per heavy atom. The highest BCUT2D eigenvalue weighted by atomic mass is 16.3. The van der Waals surface area contributed by atoms with Gasteiger partial charge >= 0.3 is 0 Å². The van der Waals surface area contributed by atoms with Crippen LogP contribution in [0.1, 0.15) is 35.3 Å². The van der Waals surface area contributed by atoms with Crippen LogP contribution < -0.4 is 5.43 Å². The quantitative estimate of drug-likeness (QED) is 0.599. The topological polar surface area (TPSA) is 81.9 Å². The maximum Gasteiger partial charge on any atom is 0.275 e. The third-order valence-electron chi connectivity index (χ3n) is 3.40. The third-order valence-corrected chi connectivity index (χ3v) is 3.40. The van der Waals surface area contributed by atoms with Crippen molar-refractivity contribution >= 4 is 11.6 Å². The van der Waals surface area contributed by atoms with Crippen LogP contribution >= 0.6 is 0 Å². The number of hydrogen-bond donors (Lipinski definition) is 3. The third kappa shape index (κ3) is 3.88. The molecule has 0 aliphatic rings. The van der Waals surface area contributed by atoms with Crippen LogP contribution in [0, 0.1) is 12.8 Å². The molecule has 1 amide bonds. The van der Waals surface area contributed by atoms with E-state index in [-0.39, 0.29) is 23.0 Å². The number of aromatic hydroxyl groups is 2. The summed E-state index contributed by atoms with van der Waals surface area (Å²) in [6.07, 6.45) is 0. The standard InChI is InChI=1S/C18H20N2O3/c1-11(2)17(14-10-12(3)8-9-16(14)22)19-20-18(23)13-6-4-5-7-15(13)21/h4-11,21-22H,1-3H3,(H,20,23)/b19-17-. The van der Waals surface area contributed by atoms with E-state index < -0.39 is 5.91 Å². The lowest BCUT2D eigenvalue weighted by atomic mass is 9.98. The van der Waals surface area contributed by atoms with Crippen molar-refractivity contribution in [2.45, 2.75) is 20.8 Å². The lowest BCUT2D eigenvalue weighted by Gasteiger charge is -2.13. The van der Waals surface area contributed by atoms with Crippen molar-refractivity contribution in [2.75, 3.05) is 0 Å². The van der Waals surface area contributed by atoms with Crippen LogP contribution in [-0.2, 0) is 0 Å². The summed E-state index contributed by atoms with van der Waals surface area (Å²) in [6, 6.07) is 11.5.